The second kappa shape index (κ2) is 6.41. The SMILES string of the molecule is O=C1OCC2=C1[C@@H](c1ccc(Cl)cc1Cl)CC(=O)N2c1ccc(F)cc1. The van der Waals surface area contributed by atoms with Gasteiger partial charge in [-0.1, -0.05) is 29.3 Å². The summed E-state index contributed by atoms with van der Waals surface area (Å²) in [6.07, 6.45) is 0.0483. The minimum Gasteiger partial charge on any atom is -0.456 e. The number of ether oxygens (including phenoxy) is 1. The highest BCUT2D eigenvalue weighted by molar-refractivity contribution is 6.35. The average molecular weight is 392 g/mol. The molecule has 7 heteroatoms. The number of carbonyl (C=O) groups excluding carboxylic acids is 2. The maximum atomic E-state index is 13.2. The monoisotopic (exact) mass is 391 g/mol. The van der Waals surface area contributed by atoms with E-state index in [1.165, 1.54) is 29.2 Å². The molecule has 0 saturated carbocycles. The van der Waals surface area contributed by atoms with Crippen LogP contribution in [0.15, 0.2) is 53.7 Å². The molecule has 26 heavy (non-hydrogen) atoms. The molecule has 0 radical (unpaired) electrons. The molecule has 0 fully saturated rings. The fourth-order valence-corrected chi connectivity index (χ4v) is 3.93. The van der Waals surface area contributed by atoms with Crippen molar-refractivity contribution in [2.24, 2.45) is 0 Å². The van der Waals surface area contributed by atoms with Crippen molar-refractivity contribution in [2.45, 2.75) is 12.3 Å². The van der Waals surface area contributed by atoms with E-state index < -0.39 is 17.7 Å². The quantitative estimate of drug-likeness (QED) is 0.709. The van der Waals surface area contributed by atoms with Gasteiger partial charge in [0.1, 0.15) is 12.4 Å². The summed E-state index contributed by atoms with van der Waals surface area (Å²) >= 11 is 12.2. The Balaban J connectivity index is 1.84. The molecule has 0 unspecified atom stereocenters. The number of benzene rings is 2. The van der Waals surface area contributed by atoms with E-state index in [0.717, 1.165) is 0 Å². The number of cyclic esters (lactones) is 1. The van der Waals surface area contributed by atoms with E-state index in [1.54, 1.807) is 18.2 Å². The predicted molar refractivity (Wildman–Crippen MR) is 95.7 cm³/mol. The van der Waals surface area contributed by atoms with Crippen LogP contribution in [-0.2, 0) is 14.3 Å². The smallest absolute Gasteiger partial charge is 0.336 e. The molecule has 4 rings (SSSR count). The van der Waals surface area contributed by atoms with Crippen molar-refractivity contribution in [2.75, 3.05) is 11.5 Å². The first kappa shape index (κ1) is 17.1. The van der Waals surface area contributed by atoms with Gasteiger partial charge in [0.2, 0.25) is 5.91 Å². The van der Waals surface area contributed by atoms with Gasteiger partial charge in [-0.15, -0.1) is 0 Å². The van der Waals surface area contributed by atoms with Crippen LogP contribution < -0.4 is 4.90 Å². The maximum absolute atomic E-state index is 13.2. The molecular formula is C19H12Cl2FNO3. The number of hydrogen-bond donors (Lipinski definition) is 0. The Labute approximate surface area is 158 Å². The van der Waals surface area contributed by atoms with Gasteiger partial charge in [0, 0.05) is 28.1 Å². The Kier molecular flexibility index (Phi) is 4.21. The van der Waals surface area contributed by atoms with Crippen molar-refractivity contribution in [3.8, 4) is 0 Å². The van der Waals surface area contributed by atoms with Crippen molar-refractivity contribution in [3.63, 3.8) is 0 Å². The Morgan fingerprint density at radius 2 is 1.81 bits per heavy atom. The summed E-state index contributed by atoms with van der Waals surface area (Å²) in [5.74, 6) is -1.61. The molecule has 0 bridgehead atoms. The molecule has 2 aromatic carbocycles. The Bertz CT molecular complexity index is 956. The topological polar surface area (TPSA) is 46.6 Å². The van der Waals surface area contributed by atoms with Gasteiger partial charge in [-0.3, -0.25) is 9.69 Å². The lowest BCUT2D eigenvalue weighted by Gasteiger charge is -2.32. The van der Waals surface area contributed by atoms with E-state index in [0.29, 0.717) is 32.6 Å². The van der Waals surface area contributed by atoms with Crippen LogP contribution >= 0.6 is 23.2 Å². The molecule has 1 atom stereocenters. The summed E-state index contributed by atoms with van der Waals surface area (Å²) < 4.78 is 18.4. The van der Waals surface area contributed by atoms with Gasteiger partial charge < -0.3 is 4.74 Å². The fraction of sp³-hybridized carbons (Fsp3) is 0.158. The lowest BCUT2D eigenvalue weighted by Crippen LogP contribution is -2.37. The van der Waals surface area contributed by atoms with Gasteiger partial charge >= 0.3 is 5.97 Å². The minimum absolute atomic E-state index is 0.0149. The molecule has 1 amide bonds. The number of anilines is 1. The molecule has 0 aromatic heterocycles. The normalized spacial score (nSPS) is 19.7. The number of hydrogen-bond acceptors (Lipinski definition) is 3. The highest BCUT2D eigenvalue weighted by Gasteiger charge is 2.43. The van der Waals surface area contributed by atoms with Gasteiger partial charge in [0.15, 0.2) is 0 Å². The van der Waals surface area contributed by atoms with Crippen LogP contribution in [0, 0.1) is 5.82 Å². The van der Waals surface area contributed by atoms with Crippen LogP contribution in [0.5, 0.6) is 0 Å². The third-order valence-electron chi connectivity index (χ3n) is 4.54. The first-order valence-electron chi connectivity index (χ1n) is 7.89. The second-order valence-electron chi connectivity index (χ2n) is 6.06. The molecular weight excluding hydrogens is 380 g/mol. The Hall–Kier alpha value is -2.37. The number of rotatable bonds is 2. The van der Waals surface area contributed by atoms with Gasteiger partial charge in [0.05, 0.1) is 11.3 Å². The zero-order chi connectivity index (χ0) is 18.4. The van der Waals surface area contributed by atoms with E-state index in [1.807, 2.05) is 0 Å². The van der Waals surface area contributed by atoms with Crippen LogP contribution in [-0.4, -0.2) is 18.5 Å². The van der Waals surface area contributed by atoms with Gasteiger partial charge in [-0.05, 0) is 42.0 Å². The lowest BCUT2D eigenvalue weighted by atomic mass is 9.84. The maximum Gasteiger partial charge on any atom is 0.336 e. The molecule has 0 N–H and O–H groups in total. The third-order valence-corrected chi connectivity index (χ3v) is 5.10. The van der Waals surface area contributed by atoms with Crippen molar-refractivity contribution in [1.82, 2.24) is 0 Å². The summed E-state index contributed by atoms with van der Waals surface area (Å²) in [6, 6.07) is 10.5. The molecule has 132 valence electrons. The van der Waals surface area contributed by atoms with Crippen LogP contribution in [0.2, 0.25) is 10.0 Å². The molecule has 2 aromatic rings. The number of halogens is 3. The zero-order valence-corrected chi connectivity index (χ0v) is 14.9. The van der Waals surface area contributed by atoms with Gasteiger partial charge in [0.25, 0.3) is 0 Å². The van der Waals surface area contributed by atoms with E-state index in [4.69, 9.17) is 27.9 Å². The second-order valence-corrected chi connectivity index (χ2v) is 6.91. The van der Waals surface area contributed by atoms with Crippen LogP contribution in [0.3, 0.4) is 0 Å². The molecule has 0 aliphatic carbocycles. The lowest BCUT2D eigenvalue weighted by molar-refractivity contribution is -0.136. The number of carbonyl (C=O) groups is 2. The fourth-order valence-electron chi connectivity index (χ4n) is 3.39. The summed E-state index contributed by atoms with van der Waals surface area (Å²) in [5.41, 5.74) is 2.00. The van der Waals surface area contributed by atoms with E-state index in [2.05, 4.69) is 0 Å². The standard InChI is InChI=1S/C19H12Cl2FNO3/c20-10-1-6-13(15(21)7-10)14-8-17(24)23(12-4-2-11(22)3-5-12)16-9-26-19(25)18(14)16/h1-7,14H,8-9H2/t14-/m1/s1. The Morgan fingerprint density at radius 3 is 2.50 bits per heavy atom. The zero-order valence-electron chi connectivity index (χ0n) is 13.3. The number of esters is 1. The molecule has 0 saturated heterocycles. The summed E-state index contributed by atoms with van der Waals surface area (Å²) in [5, 5.41) is 0.856. The summed E-state index contributed by atoms with van der Waals surface area (Å²) in [4.78, 5) is 26.6. The predicted octanol–water partition coefficient (Wildman–Crippen LogP) is 4.46. The van der Waals surface area contributed by atoms with Crippen LogP contribution in [0.25, 0.3) is 0 Å². The first-order valence-corrected chi connectivity index (χ1v) is 8.65. The first-order chi connectivity index (χ1) is 12.5. The van der Waals surface area contributed by atoms with E-state index >= 15 is 0 Å². The average Bonchev–Trinajstić information content (AvgIpc) is 2.97. The summed E-state index contributed by atoms with van der Waals surface area (Å²) in [6.45, 7) is -0.0149. The Morgan fingerprint density at radius 1 is 1.08 bits per heavy atom. The van der Waals surface area contributed by atoms with Crippen LogP contribution in [0.4, 0.5) is 10.1 Å². The van der Waals surface area contributed by atoms with Crippen molar-refractivity contribution < 1.29 is 18.7 Å². The van der Waals surface area contributed by atoms with E-state index in [9.17, 15) is 14.0 Å². The molecule has 0 spiro atoms. The highest BCUT2D eigenvalue weighted by atomic mass is 35.5. The largest absolute Gasteiger partial charge is 0.456 e. The molecule has 4 nitrogen and oxygen atoms in total. The minimum atomic E-state index is -0.506. The van der Waals surface area contributed by atoms with E-state index in [-0.39, 0.29) is 18.9 Å². The highest BCUT2D eigenvalue weighted by Crippen LogP contribution is 2.44. The molecule has 2 aliphatic heterocycles. The summed E-state index contributed by atoms with van der Waals surface area (Å²) in [7, 11) is 0. The number of nitrogens with zero attached hydrogens (tertiary/aromatic N) is 1. The van der Waals surface area contributed by atoms with Crippen LogP contribution in [0.1, 0.15) is 17.9 Å². The third kappa shape index (κ3) is 2.77. The van der Waals surface area contributed by atoms with Gasteiger partial charge in [-0.2, -0.15) is 0 Å². The van der Waals surface area contributed by atoms with Crippen molar-refractivity contribution in [1.29, 1.82) is 0 Å². The molecule has 2 aliphatic rings. The molecule has 2 heterocycles. The van der Waals surface area contributed by atoms with Crippen molar-refractivity contribution in [3.05, 3.63) is 75.2 Å². The number of amides is 1. The van der Waals surface area contributed by atoms with Crippen molar-refractivity contribution >= 4 is 40.8 Å². The van der Waals surface area contributed by atoms with Gasteiger partial charge in [-0.25, -0.2) is 9.18 Å².